The molecule has 0 aromatic carbocycles. The van der Waals surface area contributed by atoms with E-state index in [4.69, 9.17) is 14.2 Å². The molecule has 1 saturated heterocycles. The summed E-state index contributed by atoms with van der Waals surface area (Å²) < 4.78 is 17.7. The Kier molecular flexibility index (Phi) is 58.9. The molecule has 1 amide bonds. The smallest absolute Gasteiger partial charge is 0.306 e. The van der Waals surface area contributed by atoms with Gasteiger partial charge in [-0.15, -0.1) is 0 Å². The number of allylic oxidation sites excluding steroid dienone is 15. The van der Waals surface area contributed by atoms with Crippen LogP contribution in [-0.4, -0.2) is 99.6 Å². The number of ether oxygens (including phenoxy) is 3. The van der Waals surface area contributed by atoms with Crippen molar-refractivity contribution in [3.05, 3.63) is 97.2 Å². The molecule has 1 aliphatic rings. The minimum atomic E-state index is -1.62. The number of nitrogens with one attached hydrogen (secondary N) is 1. The zero-order chi connectivity index (χ0) is 63.1. The third kappa shape index (κ3) is 50.0. The maximum atomic E-state index is 13.5. The van der Waals surface area contributed by atoms with Gasteiger partial charge in [-0.25, -0.2) is 0 Å². The van der Waals surface area contributed by atoms with E-state index in [1.54, 1.807) is 6.08 Å². The Labute approximate surface area is 533 Å². The first-order valence-corrected chi connectivity index (χ1v) is 36.0. The van der Waals surface area contributed by atoms with E-state index in [0.29, 0.717) is 12.8 Å². The molecule has 0 aromatic heterocycles. The lowest BCUT2D eigenvalue weighted by atomic mass is 9.99. The Morgan fingerprint density at radius 3 is 1.26 bits per heavy atom. The third-order valence-electron chi connectivity index (χ3n) is 16.5. The number of aliphatic hydroxyl groups is 5. The number of amides is 1. The van der Waals surface area contributed by atoms with E-state index in [9.17, 15) is 35.1 Å². The van der Waals surface area contributed by atoms with E-state index < -0.39 is 67.4 Å². The Morgan fingerprint density at radius 1 is 0.460 bits per heavy atom. The number of hydrogen-bond donors (Lipinski definition) is 6. The molecular weight excluding hydrogens is 1090 g/mol. The molecule has 11 heteroatoms. The van der Waals surface area contributed by atoms with Crippen LogP contribution in [0.15, 0.2) is 97.2 Å². The summed E-state index contributed by atoms with van der Waals surface area (Å²) in [5.74, 6) is -1.20. The fraction of sp³-hybridized carbons (Fsp3) is 0.763. The molecule has 11 nitrogen and oxygen atoms in total. The Bertz CT molecular complexity index is 1790. The highest BCUT2D eigenvalue weighted by Gasteiger charge is 2.47. The van der Waals surface area contributed by atoms with Gasteiger partial charge >= 0.3 is 5.97 Å². The molecule has 0 radical (unpaired) electrons. The fourth-order valence-electron chi connectivity index (χ4n) is 10.8. The average molecular weight is 1220 g/mol. The van der Waals surface area contributed by atoms with Crippen LogP contribution in [-0.2, 0) is 23.8 Å². The van der Waals surface area contributed by atoms with Crippen LogP contribution in [0.3, 0.4) is 0 Å². The van der Waals surface area contributed by atoms with Gasteiger partial charge in [-0.05, 0) is 103 Å². The highest BCUT2D eigenvalue weighted by Crippen LogP contribution is 2.26. The largest absolute Gasteiger partial charge is 0.454 e. The highest BCUT2D eigenvalue weighted by atomic mass is 16.7. The summed E-state index contributed by atoms with van der Waals surface area (Å²) in [6.45, 7) is 5.68. The summed E-state index contributed by atoms with van der Waals surface area (Å²) in [7, 11) is 0. The lowest BCUT2D eigenvalue weighted by Crippen LogP contribution is -2.61. The van der Waals surface area contributed by atoms with Crippen LogP contribution >= 0.6 is 0 Å². The molecular formula is C76H133NO10. The standard InChI is InChI=1S/C76H133NO10/c1-4-7-10-13-16-19-22-25-27-29-31-33-34-35-36-37-39-41-43-46-49-52-55-58-61-64-71(81)87-74-73(83)72(82)70(65-78)86-76(74)85-66-67(68(79)62-59-56-53-50-47-44-24-21-18-15-12-9-6-3)77-75(84)69(80)63-60-57-54-51-48-45-42-40-38-32-30-28-26-23-20-17-14-11-8-5-2/h7,10,16-17,19-20,25-28,31,33,35-36,59,62,67-70,72-74,76,78-80,82-83H,4-6,8-9,11-15,18,21-24,29-30,32,34,37-58,60-61,63-66H2,1-3H3,(H,77,84)/b10-7-,19-16-,20-17-,27-25-,28-26-,33-31-,36-35-,62-59+. The lowest BCUT2D eigenvalue weighted by molar-refractivity contribution is -0.305. The summed E-state index contributed by atoms with van der Waals surface area (Å²) in [4.78, 5) is 26.7. The second-order valence-electron chi connectivity index (χ2n) is 24.6. The maximum Gasteiger partial charge on any atom is 0.306 e. The van der Waals surface area contributed by atoms with Crippen LogP contribution in [0.2, 0.25) is 0 Å². The van der Waals surface area contributed by atoms with Crippen LogP contribution < -0.4 is 5.32 Å². The number of rotatable bonds is 61. The fourth-order valence-corrected chi connectivity index (χ4v) is 10.8. The molecule has 1 heterocycles. The normalized spacial score (nSPS) is 18.8. The minimum Gasteiger partial charge on any atom is -0.454 e. The van der Waals surface area contributed by atoms with Crippen molar-refractivity contribution in [2.45, 2.75) is 359 Å². The first-order valence-electron chi connectivity index (χ1n) is 36.0. The van der Waals surface area contributed by atoms with Gasteiger partial charge in [0.25, 0.3) is 0 Å². The molecule has 0 spiro atoms. The zero-order valence-corrected chi connectivity index (χ0v) is 55.9. The summed E-state index contributed by atoms with van der Waals surface area (Å²) in [6.07, 6.45) is 74.3. The van der Waals surface area contributed by atoms with Crippen LogP contribution in [0.4, 0.5) is 0 Å². The predicted octanol–water partition coefficient (Wildman–Crippen LogP) is 18.6. The second kappa shape index (κ2) is 62.8. The van der Waals surface area contributed by atoms with Gasteiger partial charge in [0, 0.05) is 6.42 Å². The second-order valence-corrected chi connectivity index (χ2v) is 24.6. The SMILES string of the molecule is CC/C=C\C/C=C\C/C=C\C/C=C\C/C=C\CCCCCCCCCCCC(=O)OC1C(OCC(NC(=O)C(O)CCCCCCCCCCCC/C=C\C/C=C\CCCCC)C(O)/C=C/CCCCCCCCCCCCC)OC(CO)C(O)C1O. The third-order valence-corrected chi connectivity index (χ3v) is 16.5. The van der Waals surface area contributed by atoms with Crippen molar-refractivity contribution in [1.82, 2.24) is 5.32 Å². The molecule has 8 unspecified atom stereocenters. The van der Waals surface area contributed by atoms with Gasteiger partial charge in [-0.1, -0.05) is 298 Å². The molecule has 6 N–H and O–H groups in total. The predicted molar refractivity (Wildman–Crippen MR) is 365 cm³/mol. The van der Waals surface area contributed by atoms with E-state index in [-0.39, 0.29) is 19.4 Å². The molecule has 1 rings (SSSR count). The topological polar surface area (TPSA) is 175 Å². The number of carbonyl (C=O) groups is 2. The van der Waals surface area contributed by atoms with E-state index in [1.807, 2.05) is 6.08 Å². The van der Waals surface area contributed by atoms with E-state index >= 15 is 0 Å². The highest BCUT2D eigenvalue weighted by molar-refractivity contribution is 5.80. The Balaban J connectivity index is 2.59. The van der Waals surface area contributed by atoms with E-state index in [2.05, 4.69) is 111 Å². The molecule has 0 aromatic rings. The number of aliphatic hydroxyl groups excluding tert-OH is 5. The molecule has 1 aliphatic heterocycles. The quantitative estimate of drug-likeness (QED) is 0.0195. The molecule has 8 atom stereocenters. The first kappa shape index (κ1) is 81.6. The van der Waals surface area contributed by atoms with Crippen LogP contribution in [0.25, 0.3) is 0 Å². The molecule has 87 heavy (non-hydrogen) atoms. The van der Waals surface area contributed by atoms with Gasteiger partial charge in [0.15, 0.2) is 12.4 Å². The van der Waals surface area contributed by atoms with Crippen LogP contribution in [0, 0.1) is 0 Å². The van der Waals surface area contributed by atoms with Crippen molar-refractivity contribution in [2.75, 3.05) is 13.2 Å². The van der Waals surface area contributed by atoms with Crippen molar-refractivity contribution in [3.63, 3.8) is 0 Å². The Hall–Kier alpha value is -3.42. The van der Waals surface area contributed by atoms with E-state index in [1.165, 1.54) is 148 Å². The number of esters is 1. The molecule has 1 fully saturated rings. The number of hydrogen-bond acceptors (Lipinski definition) is 10. The van der Waals surface area contributed by atoms with Gasteiger partial charge in [-0.3, -0.25) is 9.59 Å². The molecule has 0 bridgehead atoms. The molecule has 502 valence electrons. The van der Waals surface area contributed by atoms with Crippen molar-refractivity contribution in [1.29, 1.82) is 0 Å². The lowest BCUT2D eigenvalue weighted by Gasteiger charge is -2.41. The summed E-state index contributed by atoms with van der Waals surface area (Å²) in [5.41, 5.74) is 0. The molecule has 0 aliphatic carbocycles. The summed E-state index contributed by atoms with van der Waals surface area (Å²) in [5, 5.41) is 57.3. The average Bonchev–Trinajstić information content (AvgIpc) is 2.32. The first-order chi connectivity index (χ1) is 42.7. The maximum absolute atomic E-state index is 13.5. The van der Waals surface area contributed by atoms with Crippen molar-refractivity contribution in [3.8, 4) is 0 Å². The minimum absolute atomic E-state index is 0.112. The number of unbranched alkanes of at least 4 members (excludes halogenated alkanes) is 33. The van der Waals surface area contributed by atoms with Gasteiger partial charge < -0.3 is 45.1 Å². The summed E-state index contributed by atoms with van der Waals surface area (Å²) in [6, 6.07) is -1.03. The van der Waals surface area contributed by atoms with Gasteiger partial charge in [0.2, 0.25) is 5.91 Å². The van der Waals surface area contributed by atoms with Crippen molar-refractivity contribution >= 4 is 11.9 Å². The molecule has 0 saturated carbocycles. The van der Waals surface area contributed by atoms with Crippen LogP contribution in [0.1, 0.15) is 310 Å². The van der Waals surface area contributed by atoms with Crippen LogP contribution in [0.5, 0.6) is 0 Å². The number of carbonyl (C=O) groups excluding carboxylic acids is 2. The van der Waals surface area contributed by atoms with Gasteiger partial charge in [-0.2, -0.15) is 0 Å². The van der Waals surface area contributed by atoms with Crippen molar-refractivity contribution in [2.24, 2.45) is 0 Å². The monoisotopic (exact) mass is 1220 g/mol. The van der Waals surface area contributed by atoms with Gasteiger partial charge in [0.1, 0.15) is 24.4 Å². The summed E-state index contributed by atoms with van der Waals surface area (Å²) >= 11 is 0. The Morgan fingerprint density at radius 2 is 0.828 bits per heavy atom. The van der Waals surface area contributed by atoms with Gasteiger partial charge in [0.05, 0.1) is 25.4 Å². The van der Waals surface area contributed by atoms with E-state index in [0.717, 1.165) is 116 Å². The zero-order valence-electron chi connectivity index (χ0n) is 55.9. The van der Waals surface area contributed by atoms with Crippen molar-refractivity contribution < 1.29 is 49.3 Å².